The van der Waals surface area contributed by atoms with E-state index in [2.05, 4.69) is 4.74 Å². The lowest BCUT2D eigenvalue weighted by molar-refractivity contribution is -0.146. The number of ketones is 1. The van der Waals surface area contributed by atoms with Crippen molar-refractivity contribution < 1.29 is 33.4 Å². The van der Waals surface area contributed by atoms with Gasteiger partial charge in [0, 0.05) is 32.3 Å². The van der Waals surface area contributed by atoms with Gasteiger partial charge in [0.15, 0.2) is 0 Å². The van der Waals surface area contributed by atoms with E-state index < -0.39 is 29.4 Å². The highest BCUT2D eigenvalue weighted by molar-refractivity contribution is 6.32. The number of nitrogens with zero attached hydrogens (tertiary/aromatic N) is 2. The molecule has 0 bridgehead atoms. The number of ether oxygens (including phenoxy) is 3. The van der Waals surface area contributed by atoms with Gasteiger partial charge in [-0.2, -0.15) is 0 Å². The SMILES string of the molecule is COC(=O)C1=C(N2CCOCC2)C[C@@]2(OC(=O)N(C)C2=O)C1=O. The number of esters is 1. The molecule has 0 aromatic carbocycles. The molecule has 0 aromatic rings. The summed E-state index contributed by atoms with van der Waals surface area (Å²) in [6, 6.07) is 0. The number of morpholine rings is 1. The van der Waals surface area contributed by atoms with E-state index in [9.17, 15) is 19.2 Å². The first-order chi connectivity index (χ1) is 10.9. The number of hydrogen-bond donors (Lipinski definition) is 0. The molecule has 124 valence electrons. The van der Waals surface area contributed by atoms with Gasteiger partial charge in [0.25, 0.3) is 11.5 Å². The van der Waals surface area contributed by atoms with Crippen LogP contribution < -0.4 is 0 Å². The average Bonchev–Trinajstić information content (AvgIpc) is 2.98. The number of carbonyl (C=O) groups is 4. The standard InChI is InChI=1S/C14H16N2O7/c1-15-12(19)14(23-13(15)20)7-8(16-3-5-22-6-4-16)9(10(14)17)11(18)21-2/h3-7H2,1-2H3/t14-/m1/s1. The zero-order valence-corrected chi connectivity index (χ0v) is 12.8. The molecule has 0 aromatic heterocycles. The van der Waals surface area contributed by atoms with Crippen molar-refractivity contribution >= 4 is 23.8 Å². The summed E-state index contributed by atoms with van der Waals surface area (Å²) in [5.41, 5.74) is -1.85. The molecule has 2 aliphatic heterocycles. The minimum atomic E-state index is -1.98. The quantitative estimate of drug-likeness (QED) is 0.364. The Bertz CT molecular complexity index is 635. The topological polar surface area (TPSA) is 102 Å². The maximum atomic E-state index is 12.7. The highest BCUT2D eigenvalue weighted by Crippen LogP contribution is 2.41. The Morgan fingerprint density at radius 2 is 1.87 bits per heavy atom. The van der Waals surface area contributed by atoms with Gasteiger partial charge in [-0.05, 0) is 0 Å². The molecule has 0 N–H and O–H groups in total. The molecule has 1 atom stereocenters. The number of likely N-dealkylation sites (N-methyl/N-ethyl adjacent to an activating group) is 1. The van der Waals surface area contributed by atoms with Crippen LogP contribution in [0.4, 0.5) is 4.79 Å². The zero-order chi connectivity index (χ0) is 16.8. The van der Waals surface area contributed by atoms with Crippen LogP contribution >= 0.6 is 0 Å². The molecule has 2 amide bonds. The van der Waals surface area contributed by atoms with Crippen molar-refractivity contribution in [2.24, 2.45) is 0 Å². The van der Waals surface area contributed by atoms with E-state index in [-0.39, 0.29) is 12.0 Å². The van der Waals surface area contributed by atoms with Crippen molar-refractivity contribution in [1.29, 1.82) is 0 Å². The summed E-state index contributed by atoms with van der Waals surface area (Å²) in [5, 5.41) is 0. The summed E-state index contributed by atoms with van der Waals surface area (Å²) in [6.45, 7) is 1.81. The molecule has 2 heterocycles. The molecule has 23 heavy (non-hydrogen) atoms. The number of carbonyl (C=O) groups excluding carboxylic acids is 4. The Hall–Kier alpha value is -2.42. The highest BCUT2D eigenvalue weighted by Gasteiger charge is 2.64. The normalized spacial score (nSPS) is 28.0. The number of Topliss-reactive ketones (excluding diaryl/α,β-unsaturated/α-hetero) is 1. The second kappa shape index (κ2) is 5.34. The van der Waals surface area contributed by atoms with Gasteiger partial charge in [0.1, 0.15) is 5.57 Å². The van der Waals surface area contributed by atoms with Gasteiger partial charge in [-0.15, -0.1) is 0 Å². The van der Waals surface area contributed by atoms with Crippen LogP contribution in [0.25, 0.3) is 0 Å². The Labute approximate surface area is 131 Å². The maximum absolute atomic E-state index is 12.7. The molecule has 0 saturated carbocycles. The Morgan fingerprint density at radius 3 is 2.39 bits per heavy atom. The maximum Gasteiger partial charge on any atom is 0.417 e. The third-order valence-electron chi connectivity index (χ3n) is 4.27. The Morgan fingerprint density at radius 1 is 1.22 bits per heavy atom. The summed E-state index contributed by atoms with van der Waals surface area (Å²) in [6.07, 6.45) is -1.07. The molecule has 2 saturated heterocycles. The van der Waals surface area contributed by atoms with E-state index in [0.717, 1.165) is 12.0 Å². The number of amides is 2. The zero-order valence-electron chi connectivity index (χ0n) is 12.8. The molecule has 3 rings (SSSR count). The van der Waals surface area contributed by atoms with Crippen molar-refractivity contribution in [3.8, 4) is 0 Å². The fourth-order valence-electron chi connectivity index (χ4n) is 3.02. The first-order valence-corrected chi connectivity index (χ1v) is 7.12. The molecule has 0 radical (unpaired) electrons. The van der Waals surface area contributed by atoms with Crippen LogP contribution in [0.5, 0.6) is 0 Å². The number of hydrogen-bond acceptors (Lipinski definition) is 8. The van der Waals surface area contributed by atoms with Crippen molar-refractivity contribution in [3.05, 3.63) is 11.3 Å². The molecule has 9 heteroatoms. The highest BCUT2D eigenvalue weighted by atomic mass is 16.6. The van der Waals surface area contributed by atoms with Gasteiger partial charge in [-0.3, -0.25) is 9.59 Å². The summed E-state index contributed by atoms with van der Waals surface area (Å²) in [4.78, 5) is 51.4. The number of methoxy groups -OCH3 is 1. The summed E-state index contributed by atoms with van der Waals surface area (Å²) in [5.74, 6) is -2.43. The monoisotopic (exact) mass is 324 g/mol. The van der Waals surface area contributed by atoms with Gasteiger partial charge in [-0.1, -0.05) is 0 Å². The molecular formula is C14H16N2O7. The molecule has 9 nitrogen and oxygen atoms in total. The summed E-state index contributed by atoms with van der Waals surface area (Å²) < 4.78 is 15.0. The Kier molecular flexibility index (Phi) is 3.59. The van der Waals surface area contributed by atoms with E-state index in [1.807, 2.05) is 0 Å². The second-order valence-electron chi connectivity index (χ2n) is 5.48. The van der Waals surface area contributed by atoms with Crippen LogP contribution in [-0.4, -0.2) is 79.6 Å². The van der Waals surface area contributed by atoms with Crippen LogP contribution in [0.2, 0.25) is 0 Å². The number of imide groups is 1. The molecule has 2 fully saturated rings. The van der Waals surface area contributed by atoms with E-state index in [1.165, 1.54) is 7.05 Å². The molecule has 3 aliphatic rings. The van der Waals surface area contributed by atoms with Crippen LogP contribution in [0, 0.1) is 0 Å². The largest absolute Gasteiger partial charge is 0.465 e. The van der Waals surface area contributed by atoms with Gasteiger partial charge < -0.3 is 19.1 Å². The van der Waals surface area contributed by atoms with Gasteiger partial charge in [0.05, 0.1) is 20.3 Å². The molecule has 1 spiro atoms. The Balaban J connectivity index is 2.02. The van der Waals surface area contributed by atoms with E-state index in [0.29, 0.717) is 32.0 Å². The second-order valence-corrected chi connectivity index (χ2v) is 5.48. The van der Waals surface area contributed by atoms with Crippen LogP contribution in [0.3, 0.4) is 0 Å². The minimum absolute atomic E-state index is 0.162. The van der Waals surface area contributed by atoms with Crippen LogP contribution in [0.1, 0.15) is 6.42 Å². The number of rotatable bonds is 2. The fraction of sp³-hybridized carbons (Fsp3) is 0.571. The third kappa shape index (κ3) is 2.11. The lowest BCUT2D eigenvalue weighted by Crippen LogP contribution is -2.46. The summed E-state index contributed by atoms with van der Waals surface area (Å²) in [7, 11) is 2.39. The predicted octanol–water partition coefficient (Wildman–Crippen LogP) is -0.934. The van der Waals surface area contributed by atoms with E-state index in [1.54, 1.807) is 4.90 Å². The van der Waals surface area contributed by atoms with Crippen molar-refractivity contribution in [2.75, 3.05) is 40.5 Å². The minimum Gasteiger partial charge on any atom is -0.465 e. The lowest BCUT2D eigenvalue weighted by atomic mass is 9.97. The predicted molar refractivity (Wildman–Crippen MR) is 73.0 cm³/mol. The van der Waals surface area contributed by atoms with Crippen molar-refractivity contribution in [3.63, 3.8) is 0 Å². The molecule has 0 unspecified atom stereocenters. The van der Waals surface area contributed by atoms with Gasteiger partial charge >= 0.3 is 12.1 Å². The smallest absolute Gasteiger partial charge is 0.417 e. The van der Waals surface area contributed by atoms with Crippen LogP contribution in [0.15, 0.2) is 11.3 Å². The first kappa shape index (κ1) is 15.5. The van der Waals surface area contributed by atoms with E-state index >= 15 is 0 Å². The van der Waals surface area contributed by atoms with Gasteiger partial charge in [0.2, 0.25) is 5.78 Å². The third-order valence-corrected chi connectivity index (χ3v) is 4.27. The average molecular weight is 324 g/mol. The van der Waals surface area contributed by atoms with E-state index in [4.69, 9.17) is 9.47 Å². The fourth-order valence-corrected chi connectivity index (χ4v) is 3.02. The van der Waals surface area contributed by atoms with Crippen molar-refractivity contribution in [2.45, 2.75) is 12.0 Å². The summed E-state index contributed by atoms with van der Waals surface area (Å²) >= 11 is 0. The van der Waals surface area contributed by atoms with Crippen LogP contribution in [-0.2, 0) is 28.6 Å². The van der Waals surface area contributed by atoms with Gasteiger partial charge in [-0.25, -0.2) is 14.5 Å². The molecule has 1 aliphatic carbocycles. The lowest BCUT2D eigenvalue weighted by Gasteiger charge is -2.30. The first-order valence-electron chi connectivity index (χ1n) is 7.12. The van der Waals surface area contributed by atoms with Crippen molar-refractivity contribution in [1.82, 2.24) is 9.80 Å². The molecular weight excluding hydrogens is 308 g/mol.